The van der Waals surface area contributed by atoms with Crippen LogP contribution in [0.1, 0.15) is 35.2 Å². The number of H-pyrrole nitrogens is 1. The van der Waals surface area contributed by atoms with Crippen molar-refractivity contribution in [1.82, 2.24) is 20.5 Å². The molecule has 1 saturated carbocycles. The highest BCUT2D eigenvalue weighted by molar-refractivity contribution is 5.90. The lowest BCUT2D eigenvalue weighted by Crippen LogP contribution is -2.39. The summed E-state index contributed by atoms with van der Waals surface area (Å²) in [6, 6.07) is 0. The Hall–Kier alpha value is -1.57. The second kappa shape index (κ2) is 4.36. The van der Waals surface area contributed by atoms with Crippen molar-refractivity contribution in [2.24, 2.45) is 0 Å². The molecule has 17 heavy (non-hydrogen) atoms. The number of carbonyl (C=O) groups is 1. The van der Waals surface area contributed by atoms with E-state index < -0.39 is 25.0 Å². The number of aliphatic hydroxyl groups excluding tert-OH is 1. The number of hydrogen-bond donors (Lipinski definition) is 3. The number of halogens is 2. The van der Waals surface area contributed by atoms with Crippen molar-refractivity contribution < 1.29 is 18.7 Å². The first kappa shape index (κ1) is 11.9. The zero-order valence-electron chi connectivity index (χ0n) is 8.91. The first-order valence-corrected chi connectivity index (χ1v) is 5.21. The van der Waals surface area contributed by atoms with Crippen LogP contribution in [0.2, 0.25) is 0 Å². The molecule has 6 nitrogen and oxygen atoms in total. The first-order chi connectivity index (χ1) is 8.02. The van der Waals surface area contributed by atoms with E-state index >= 15 is 0 Å². The van der Waals surface area contributed by atoms with Crippen molar-refractivity contribution in [2.75, 3.05) is 13.2 Å². The summed E-state index contributed by atoms with van der Waals surface area (Å²) in [6.07, 6.45) is 2.00. The molecule has 0 atom stereocenters. The second-order valence-electron chi connectivity index (χ2n) is 4.02. The lowest BCUT2D eigenvalue weighted by molar-refractivity contribution is -0.0462. The number of alkyl halides is 2. The molecular weight excluding hydrogens is 234 g/mol. The minimum atomic E-state index is -3.33. The lowest BCUT2D eigenvalue weighted by Gasteiger charge is -2.12. The number of amides is 1. The smallest absolute Gasteiger partial charge is 0.291 e. The van der Waals surface area contributed by atoms with Crippen molar-refractivity contribution >= 4 is 5.91 Å². The lowest BCUT2D eigenvalue weighted by atomic mass is 10.3. The van der Waals surface area contributed by atoms with Crippen LogP contribution >= 0.6 is 0 Å². The summed E-state index contributed by atoms with van der Waals surface area (Å²) in [6.45, 7) is -2.25. The normalized spacial score (nSPS) is 15.9. The molecule has 1 aromatic heterocycles. The van der Waals surface area contributed by atoms with Crippen molar-refractivity contribution in [1.29, 1.82) is 0 Å². The molecule has 94 valence electrons. The molecule has 1 amide bonds. The average molecular weight is 246 g/mol. The molecule has 2 rings (SSSR count). The minimum Gasteiger partial charge on any atom is -0.390 e. The Bertz CT molecular complexity index is 417. The van der Waals surface area contributed by atoms with Crippen molar-refractivity contribution in [2.45, 2.75) is 24.7 Å². The molecule has 0 unspecified atom stereocenters. The van der Waals surface area contributed by atoms with Crippen LogP contribution in [0.3, 0.4) is 0 Å². The van der Waals surface area contributed by atoms with E-state index in [1.54, 1.807) is 0 Å². The van der Waals surface area contributed by atoms with Crippen molar-refractivity contribution in [3.8, 4) is 0 Å². The van der Waals surface area contributed by atoms with Gasteiger partial charge in [0, 0.05) is 5.92 Å². The summed E-state index contributed by atoms with van der Waals surface area (Å²) >= 11 is 0. The molecule has 1 aliphatic carbocycles. The Morgan fingerprint density at radius 2 is 2.29 bits per heavy atom. The third-order valence-corrected chi connectivity index (χ3v) is 2.41. The van der Waals surface area contributed by atoms with Crippen LogP contribution in [0, 0.1) is 0 Å². The number of aliphatic hydroxyl groups is 1. The van der Waals surface area contributed by atoms with Gasteiger partial charge in [0.25, 0.3) is 11.8 Å². The van der Waals surface area contributed by atoms with Gasteiger partial charge in [-0.15, -0.1) is 5.10 Å². The van der Waals surface area contributed by atoms with E-state index in [9.17, 15) is 13.6 Å². The van der Waals surface area contributed by atoms with Crippen LogP contribution in [0.4, 0.5) is 8.78 Å². The Morgan fingerprint density at radius 3 is 2.88 bits per heavy atom. The molecule has 3 N–H and O–H groups in total. The first-order valence-electron chi connectivity index (χ1n) is 5.21. The topological polar surface area (TPSA) is 90.9 Å². The molecule has 0 spiro atoms. The van der Waals surface area contributed by atoms with Gasteiger partial charge in [-0.3, -0.25) is 9.89 Å². The number of carbonyl (C=O) groups excluding carboxylic acids is 1. The number of nitrogens with zero attached hydrogens (tertiary/aromatic N) is 2. The fourth-order valence-electron chi connectivity index (χ4n) is 1.26. The van der Waals surface area contributed by atoms with E-state index in [1.807, 2.05) is 5.32 Å². The molecule has 0 radical (unpaired) electrons. The number of nitrogens with one attached hydrogen (secondary N) is 2. The SMILES string of the molecule is O=C(NCC(F)(F)CO)c1n[nH]c(C2CC2)n1. The van der Waals surface area contributed by atoms with Crippen LogP contribution in [0.15, 0.2) is 0 Å². The predicted molar refractivity (Wildman–Crippen MR) is 52.7 cm³/mol. The fourth-order valence-corrected chi connectivity index (χ4v) is 1.26. The third kappa shape index (κ3) is 2.96. The highest BCUT2D eigenvalue weighted by Crippen LogP contribution is 2.37. The average Bonchev–Trinajstić information content (AvgIpc) is 3.04. The van der Waals surface area contributed by atoms with Crippen LogP contribution in [-0.2, 0) is 0 Å². The van der Waals surface area contributed by atoms with Gasteiger partial charge in [-0.2, -0.15) is 0 Å². The van der Waals surface area contributed by atoms with Gasteiger partial charge in [-0.25, -0.2) is 13.8 Å². The number of hydrogen-bond acceptors (Lipinski definition) is 4. The zero-order valence-corrected chi connectivity index (χ0v) is 8.91. The largest absolute Gasteiger partial charge is 0.390 e. The van der Waals surface area contributed by atoms with Gasteiger partial charge in [-0.1, -0.05) is 0 Å². The van der Waals surface area contributed by atoms with Gasteiger partial charge in [0.05, 0.1) is 6.54 Å². The quantitative estimate of drug-likeness (QED) is 0.684. The van der Waals surface area contributed by atoms with Crippen LogP contribution < -0.4 is 5.32 Å². The molecular formula is C9H12F2N4O2. The standard InChI is InChI=1S/C9H12F2N4O2/c10-9(11,4-16)3-12-8(17)7-13-6(14-15-7)5-1-2-5/h5,16H,1-4H2,(H,12,17)(H,13,14,15). The van der Waals surface area contributed by atoms with E-state index in [-0.39, 0.29) is 5.82 Å². The number of aromatic nitrogens is 3. The van der Waals surface area contributed by atoms with Gasteiger partial charge in [0.2, 0.25) is 5.82 Å². The number of rotatable bonds is 5. The van der Waals surface area contributed by atoms with E-state index in [0.717, 1.165) is 12.8 Å². The van der Waals surface area contributed by atoms with E-state index in [4.69, 9.17) is 5.11 Å². The van der Waals surface area contributed by atoms with Gasteiger partial charge in [-0.05, 0) is 12.8 Å². The highest BCUT2D eigenvalue weighted by Gasteiger charge is 2.30. The van der Waals surface area contributed by atoms with E-state index in [2.05, 4.69) is 15.2 Å². The van der Waals surface area contributed by atoms with Gasteiger partial charge in [0.1, 0.15) is 12.4 Å². The summed E-state index contributed by atoms with van der Waals surface area (Å²) < 4.78 is 25.3. The van der Waals surface area contributed by atoms with Gasteiger partial charge in [0.15, 0.2) is 0 Å². The zero-order chi connectivity index (χ0) is 12.5. The van der Waals surface area contributed by atoms with Crippen LogP contribution in [0.5, 0.6) is 0 Å². The minimum absolute atomic E-state index is 0.152. The van der Waals surface area contributed by atoms with Crippen molar-refractivity contribution in [3.63, 3.8) is 0 Å². The third-order valence-electron chi connectivity index (χ3n) is 2.41. The Morgan fingerprint density at radius 1 is 1.59 bits per heavy atom. The Kier molecular flexibility index (Phi) is 3.05. The molecule has 0 aromatic carbocycles. The van der Waals surface area contributed by atoms with Gasteiger partial charge < -0.3 is 10.4 Å². The molecule has 0 aliphatic heterocycles. The molecule has 1 aliphatic rings. The molecule has 1 fully saturated rings. The maximum atomic E-state index is 12.7. The Labute approximate surface area is 95.4 Å². The van der Waals surface area contributed by atoms with Crippen LogP contribution in [-0.4, -0.2) is 45.3 Å². The fraction of sp³-hybridized carbons (Fsp3) is 0.667. The maximum absolute atomic E-state index is 12.7. The van der Waals surface area contributed by atoms with Gasteiger partial charge >= 0.3 is 0 Å². The van der Waals surface area contributed by atoms with Crippen molar-refractivity contribution in [3.05, 3.63) is 11.6 Å². The second-order valence-corrected chi connectivity index (χ2v) is 4.02. The summed E-state index contributed by atoms with van der Waals surface area (Å²) in [5.41, 5.74) is 0. The summed E-state index contributed by atoms with van der Waals surface area (Å²) in [4.78, 5) is 15.3. The molecule has 0 bridgehead atoms. The Balaban J connectivity index is 1.90. The highest BCUT2D eigenvalue weighted by atomic mass is 19.3. The van der Waals surface area contributed by atoms with Crippen LogP contribution in [0.25, 0.3) is 0 Å². The molecule has 1 aromatic rings. The molecule has 0 saturated heterocycles. The molecule has 8 heteroatoms. The van der Waals surface area contributed by atoms with E-state index in [0.29, 0.717) is 11.7 Å². The number of aromatic amines is 1. The predicted octanol–water partition coefficient (Wildman–Crippen LogP) is 0.0395. The monoisotopic (exact) mass is 246 g/mol. The van der Waals surface area contributed by atoms with E-state index in [1.165, 1.54) is 0 Å². The maximum Gasteiger partial charge on any atom is 0.291 e. The summed E-state index contributed by atoms with van der Waals surface area (Å²) in [5.74, 6) is -3.33. The summed E-state index contributed by atoms with van der Waals surface area (Å²) in [7, 11) is 0. The molecule has 1 heterocycles. The summed E-state index contributed by atoms with van der Waals surface area (Å²) in [5, 5.41) is 16.5.